The molecule has 0 radical (unpaired) electrons. The van der Waals surface area contributed by atoms with E-state index in [9.17, 15) is 4.79 Å². The van der Waals surface area contributed by atoms with E-state index in [-0.39, 0.29) is 5.78 Å². The van der Waals surface area contributed by atoms with E-state index in [1.54, 1.807) is 22.7 Å². The van der Waals surface area contributed by atoms with E-state index in [1.165, 1.54) is 0 Å². The van der Waals surface area contributed by atoms with Crippen LogP contribution in [0.5, 0.6) is 0 Å². The summed E-state index contributed by atoms with van der Waals surface area (Å²) in [6.07, 6.45) is 0.997. The maximum Gasteiger partial charge on any atom is 0.144 e. The Morgan fingerprint density at radius 2 is 2.27 bits per heavy atom. The molecule has 2 nitrogen and oxygen atoms in total. The van der Waals surface area contributed by atoms with Crippen LogP contribution in [0, 0.1) is 6.92 Å². The van der Waals surface area contributed by atoms with Crippen molar-refractivity contribution >= 4 is 28.5 Å². The summed E-state index contributed by atoms with van der Waals surface area (Å²) in [5.74, 6) is 0.239. The number of carbonyl (C=O) groups excluding carboxylic acids is 1. The van der Waals surface area contributed by atoms with Crippen molar-refractivity contribution in [3.63, 3.8) is 0 Å². The minimum absolute atomic E-state index is 0.239. The maximum atomic E-state index is 11.7. The van der Waals surface area contributed by atoms with Crippen molar-refractivity contribution in [3.8, 4) is 0 Å². The Kier molecular flexibility index (Phi) is 3.28. The number of carbonyl (C=O) groups is 1. The summed E-state index contributed by atoms with van der Waals surface area (Å²) in [6, 6.07) is 3.97. The van der Waals surface area contributed by atoms with Gasteiger partial charge in [0.2, 0.25) is 0 Å². The first-order valence-corrected chi connectivity index (χ1v) is 6.45. The molecule has 0 aliphatic carbocycles. The molecule has 0 aliphatic heterocycles. The predicted molar refractivity (Wildman–Crippen MR) is 63.6 cm³/mol. The quantitative estimate of drug-likeness (QED) is 0.818. The van der Waals surface area contributed by atoms with Crippen LogP contribution in [0.1, 0.15) is 15.6 Å². The number of aryl methyl sites for hydroxylation is 1. The van der Waals surface area contributed by atoms with Gasteiger partial charge in [-0.3, -0.25) is 4.79 Å². The lowest BCUT2D eigenvalue weighted by molar-refractivity contribution is -0.117. The molecule has 0 spiro atoms. The molecule has 2 aromatic rings. The number of rotatable bonds is 4. The third-order valence-corrected chi connectivity index (χ3v) is 3.70. The average molecular weight is 237 g/mol. The molecule has 2 rings (SSSR count). The summed E-state index contributed by atoms with van der Waals surface area (Å²) >= 11 is 3.22. The molecule has 0 saturated carbocycles. The highest BCUT2D eigenvalue weighted by Crippen LogP contribution is 2.13. The number of nitrogens with zero attached hydrogens (tertiary/aromatic N) is 1. The Labute approximate surface area is 96.6 Å². The number of aromatic nitrogens is 1. The summed E-state index contributed by atoms with van der Waals surface area (Å²) in [7, 11) is 0. The molecule has 78 valence electrons. The smallest absolute Gasteiger partial charge is 0.144 e. The fraction of sp³-hybridized carbons (Fsp3) is 0.273. The highest BCUT2D eigenvalue weighted by molar-refractivity contribution is 7.10. The van der Waals surface area contributed by atoms with Crippen LogP contribution < -0.4 is 0 Å². The van der Waals surface area contributed by atoms with Crippen LogP contribution in [0.25, 0.3) is 0 Å². The Morgan fingerprint density at radius 3 is 2.87 bits per heavy atom. The lowest BCUT2D eigenvalue weighted by Gasteiger charge is -1.95. The summed E-state index contributed by atoms with van der Waals surface area (Å²) < 4.78 is 0. The first-order valence-electron chi connectivity index (χ1n) is 4.69. The zero-order valence-electron chi connectivity index (χ0n) is 8.40. The molecule has 0 atom stereocenters. The minimum atomic E-state index is 0.239. The van der Waals surface area contributed by atoms with E-state index >= 15 is 0 Å². The molecule has 0 aromatic carbocycles. The van der Waals surface area contributed by atoms with Crippen molar-refractivity contribution < 1.29 is 4.79 Å². The standard InChI is InChI=1S/C11H11NOS2/c1-8-12-9(7-15-8)5-10(13)6-11-3-2-4-14-11/h2-4,7H,5-6H2,1H3. The van der Waals surface area contributed by atoms with Gasteiger partial charge in [0.25, 0.3) is 0 Å². The fourth-order valence-corrected chi connectivity index (χ4v) is 2.71. The molecule has 2 heterocycles. The van der Waals surface area contributed by atoms with Crippen LogP contribution in [-0.4, -0.2) is 10.8 Å². The lowest BCUT2D eigenvalue weighted by Crippen LogP contribution is -2.05. The van der Waals surface area contributed by atoms with Crippen molar-refractivity contribution in [2.24, 2.45) is 0 Å². The van der Waals surface area contributed by atoms with Crippen molar-refractivity contribution in [1.29, 1.82) is 0 Å². The second-order valence-electron chi connectivity index (χ2n) is 3.33. The van der Waals surface area contributed by atoms with Crippen LogP contribution in [-0.2, 0) is 17.6 Å². The summed E-state index contributed by atoms with van der Waals surface area (Å²) in [5.41, 5.74) is 0.902. The van der Waals surface area contributed by atoms with Crippen molar-refractivity contribution in [2.75, 3.05) is 0 Å². The molecule has 0 unspecified atom stereocenters. The molecule has 0 N–H and O–H groups in total. The monoisotopic (exact) mass is 237 g/mol. The van der Waals surface area contributed by atoms with E-state index < -0.39 is 0 Å². The van der Waals surface area contributed by atoms with Gasteiger partial charge in [0.15, 0.2) is 0 Å². The van der Waals surface area contributed by atoms with Crippen molar-refractivity contribution in [1.82, 2.24) is 4.98 Å². The average Bonchev–Trinajstić information content (AvgIpc) is 2.77. The van der Waals surface area contributed by atoms with Gasteiger partial charge in [-0.25, -0.2) is 4.98 Å². The minimum Gasteiger partial charge on any atom is -0.299 e. The Hall–Kier alpha value is -1.00. The molecular formula is C11H11NOS2. The summed E-state index contributed by atoms with van der Waals surface area (Å²) in [5, 5.41) is 4.98. The lowest BCUT2D eigenvalue weighted by atomic mass is 10.1. The van der Waals surface area contributed by atoms with Gasteiger partial charge < -0.3 is 0 Å². The zero-order valence-corrected chi connectivity index (χ0v) is 10.0. The number of Topliss-reactive ketones (excluding diaryl/α,β-unsaturated/α-hetero) is 1. The molecule has 0 bridgehead atoms. The predicted octanol–water partition coefficient (Wildman–Crippen LogP) is 2.87. The van der Waals surface area contributed by atoms with Crippen LogP contribution in [0.3, 0.4) is 0 Å². The van der Waals surface area contributed by atoms with Gasteiger partial charge >= 0.3 is 0 Å². The van der Waals surface area contributed by atoms with Crippen molar-refractivity contribution in [2.45, 2.75) is 19.8 Å². The number of hydrogen-bond donors (Lipinski definition) is 0. The Bertz CT molecular complexity index is 445. The summed E-state index contributed by atoms with van der Waals surface area (Å²) in [4.78, 5) is 17.1. The molecule has 0 saturated heterocycles. The largest absolute Gasteiger partial charge is 0.299 e. The normalized spacial score (nSPS) is 10.5. The SMILES string of the molecule is Cc1nc(CC(=O)Cc2cccs2)cs1. The van der Waals surface area contributed by atoms with Crippen LogP contribution >= 0.6 is 22.7 Å². The number of thiophene rings is 1. The van der Waals surface area contributed by atoms with E-state index in [0.717, 1.165) is 15.6 Å². The van der Waals surface area contributed by atoms with E-state index in [2.05, 4.69) is 4.98 Å². The Balaban J connectivity index is 1.93. The van der Waals surface area contributed by atoms with Gasteiger partial charge in [0.1, 0.15) is 5.78 Å². The Morgan fingerprint density at radius 1 is 1.40 bits per heavy atom. The van der Waals surface area contributed by atoms with Gasteiger partial charge in [-0.05, 0) is 18.4 Å². The van der Waals surface area contributed by atoms with Crippen molar-refractivity contribution in [3.05, 3.63) is 38.5 Å². The molecule has 2 aromatic heterocycles. The first-order chi connectivity index (χ1) is 7.24. The molecule has 15 heavy (non-hydrogen) atoms. The zero-order chi connectivity index (χ0) is 10.7. The van der Waals surface area contributed by atoms with Gasteiger partial charge in [-0.2, -0.15) is 0 Å². The number of hydrogen-bond acceptors (Lipinski definition) is 4. The van der Waals surface area contributed by atoms with Crippen LogP contribution in [0.2, 0.25) is 0 Å². The second-order valence-corrected chi connectivity index (χ2v) is 5.42. The van der Waals surface area contributed by atoms with E-state index in [0.29, 0.717) is 12.8 Å². The van der Waals surface area contributed by atoms with E-state index in [4.69, 9.17) is 0 Å². The first kappa shape index (κ1) is 10.5. The van der Waals surface area contributed by atoms with Crippen LogP contribution in [0.15, 0.2) is 22.9 Å². The van der Waals surface area contributed by atoms with Gasteiger partial charge in [-0.15, -0.1) is 22.7 Å². The molecule has 0 amide bonds. The van der Waals surface area contributed by atoms with Gasteiger partial charge in [-0.1, -0.05) is 6.07 Å². The van der Waals surface area contributed by atoms with Gasteiger partial charge in [0, 0.05) is 23.1 Å². The summed E-state index contributed by atoms with van der Waals surface area (Å²) in [6.45, 7) is 1.96. The molecule has 0 fully saturated rings. The molecule has 0 aliphatic rings. The topological polar surface area (TPSA) is 30.0 Å². The number of thiazole rings is 1. The van der Waals surface area contributed by atoms with E-state index in [1.807, 2.05) is 29.8 Å². The number of ketones is 1. The maximum absolute atomic E-state index is 11.7. The van der Waals surface area contributed by atoms with Crippen LogP contribution in [0.4, 0.5) is 0 Å². The second kappa shape index (κ2) is 4.68. The molecular weight excluding hydrogens is 226 g/mol. The highest BCUT2D eigenvalue weighted by Gasteiger charge is 2.07. The third kappa shape index (κ3) is 2.97. The fourth-order valence-electron chi connectivity index (χ4n) is 1.36. The van der Waals surface area contributed by atoms with Gasteiger partial charge in [0.05, 0.1) is 10.7 Å². The molecule has 4 heteroatoms. The third-order valence-electron chi connectivity index (χ3n) is 2.00. The highest BCUT2D eigenvalue weighted by atomic mass is 32.1.